The van der Waals surface area contributed by atoms with Crippen molar-refractivity contribution in [1.82, 2.24) is 0 Å². The lowest BCUT2D eigenvalue weighted by molar-refractivity contribution is -0.0503. The van der Waals surface area contributed by atoms with Crippen LogP contribution in [0.25, 0.3) is 0 Å². The molecule has 0 aliphatic carbocycles. The summed E-state index contributed by atoms with van der Waals surface area (Å²) in [6.07, 6.45) is 0. The van der Waals surface area contributed by atoms with Gasteiger partial charge in [-0.25, -0.2) is 0 Å². The van der Waals surface area contributed by atoms with E-state index < -0.39 is 6.61 Å². The zero-order valence-corrected chi connectivity index (χ0v) is 8.97. The van der Waals surface area contributed by atoms with Crippen LogP contribution in [0.3, 0.4) is 0 Å². The molecule has 0 unspecified atom stereocenters. The number of ether oxygens (including phenoxy) is 1. The van der Waals surface area contributed by atoms with E-state index in [1.807, 2.05) is 0 Å². The molecule has 0 aliphatic heterocycles. The average molecular weight is 233 g/mol. The number of thioether (sulfide) groups is 1. The summed E-state index contributed by atoms with van der Waals surface area (Å²) in [6, 6.07) is 6.80. The van der Waals surface area contributed by atoms with E-state index in [1.165, 1.54) is 0 Å². The summed E-state index contributed by atoms with van der Waals surface area (Å²) in [7, 11) is 0. The molecule has 1 rings (SSSR count). The quantitative estimate of drug-likeness (QED) is 0.767. The van der Waals surface area contributed by atoms with Crippen LogP contribution in [0.5, 0.6) is 5.75 Å². The van der Waals surface area contributed by atoms with E-state index in [0.29, 0.717) is 12.3 Å². The highest BCUT2D eigenvalue weighted by Crippen LogP contribution is 2.24. The number of rotatable bonds is 6. The van der Waals surface area contributed by atoms with Crippen molar-refractivity contribution in [3.05, 3.63) is 29.8 Å². The number of hydrogen-bond acceptors (Lipinski definition) is 3. The minimum atomic E-state index is -2.77. The van der Waals surface area contributed by atoms with Gasteiger partial charge >= 0.3 is 6.61 Å². The zero-order chi connectivity index (χ0) is 11.1. The maximum Gasteiger partial charge on any atom is 0.387 e. The Labute approximate surface area is 91.8 Å². The standard InChI is InChI=1S/C10H13F2NOS/c11-10(12)14-9-4-2-1-3-8(9)7-15-6-5-13/h1-4,10H,5-7,13H2. The largest absolute Gasteiger partial charge is 0.435 e. The van der Waals surface area contributed by atoms with Gasteiger partial charge in [-0.1, -0.05) is 18.2 Å². The summed E-state index contributed by atoms with van der Waals surface area (Å²) in [5.74, 6) is 1.69. The van der Waals surface area contributed by atoms with Crippen molar-refractivity contribution >= 4 is 11.8 Å². The molecule has 1 aromatic rings. The minimum absolute atomic E-state index is 0.247. The van der Waals surface area contributed by atoms with Gasteiger partial charge in [-0.05, 0) is 6.07 Å². The van der Waals surface area contributed by atoms with Crippen LogP contribution in [-0.2, 0) is 5.75 Å². The van der Waals surface area contributed by atoms with Crippen molar-refractivity contribution in [2.45, 2.75) is 12.4 Å². The summed E-state index contributed by atoms with van der Waals surface area (Å²) >= 11 is 1.60. The maximum absolute atomic E-state index is 12.0. The lowest BCUT2D eigenvalue weighted by atomic mass is 10.2. The third-order valence-electron chi connectivity index (χ3n) is 1.71. The SMILES string of the molecule is NCCSCc1ccccc1OC(F)F. The molecule has 0 spiro atoms. The molecule has 2 nitrogen and oxygen atoms in total. The van der Waals surface area contributed by atoms with E-state index >= 15 is 0 Å². The van der Waals surface area contributed by atoms with Crippen molar-refractivity contribution in [2.24, 2.45) is 5.73 Å². The summed E-state index contributed by atoms with van der Waals surface area (Å²) < 4.78 is 28.5. The highest BCUT2D eigenvalue weighted by Gasteiger charge is 2.08. The fraction of sp³-hybridized carbons (Fsp3) is 0.400. The summed E-state index contributed by atoms with van der Waals surface area (Å²) in [4.78, 5) is 0. The van der Waals surface area contributed by atoms with Gasteiger partial charge in [0.1, 0.15) is 5.75 Å². The van der Waals surface area contributed by atoms with Crippen LogP contribution in [-0.4, -0.2) is 18.9 Å². The van der Waals surface area contributed by atoms with Crippen molar-refractivity contribution in [3.8, 4) is 5.75 Å². The molecule has 84 valence electrons. The number of halogens is 2. The second-order valence-corrected chi connectivity index (χ2v) is 3.93. The molecule has 0 amide bonds. The Hall–Kier alpha value is -0.810. The van der Waals surface area contributed by atoms with Crippen molar-refractivity contribution in [2.75, 3.05) is 12.3 Å². The molecule has 5 heteroatoms. The van der Waals surface area contributed by atoms with E-state index in [2.05, 4.69) is 4.74 Å². The summed E-state index contributed by atoms with van der Waals surface area (Å²) in [6.45, 7) is -2.19. The smallest absolute Gasteiger partial charge is 0.387 e. The fourth-order valence-corrected chi connectivity index (χ4v) is 1.87. The fourth-order valence-electron chi connectivity index (χ4n) is 1.10. The van der Waals surface area contributed by atoms with E-state index in [9.17, 15) is 8.78 Å². The molecular weight excluding hydrogens is 220 g/mol. The summed E-state index contributed by atoms with van der Waals surface area (Å²) in [5.41, 5.74) is 6.11. The van der Waals surface area contributed by atoms with Gasteiger partial charge in [0.25, 0.3) is 0 Å². The van der Waals surface area contributed by atoms with E-state index in [-0.39, 0.29) is 5.75 Å². The Balaban J connectivity index is 2.60. The Kier molecular flexibility index (Phi) is 5.42. The van der Waals surface area contributed by atoms with Gasteiger partial charge in [0.2, 0.25) is 0 Å². The lowest BCUT2D eigenvalue weighted by Gasteiger charge is -2.09. The first kappa shape index (κ1) is 12.3. The Morgan fingerprint density at radius 2 is 2.07 bits per heavy atom. The molecule has 1 aromatic carbocycles. The van der Waals surface area contributed by atoms with Crippen LogP contribution < -0.4 is 10.5 Å². The topological polar surface area (TPSA) is 35.2 Å². The summed E-state index contributed by atoms with van der Waals surface area (Å²) in [5, 5.41) is 0. The Bertz CT molecular complexity index is 297. The molecule has 2 N–H and O–H groups in total. The second kappa shape index (κ2) is 6.63. The molecule has 0 radical (unpaired) electrons. The molecule has 15 heavy (non-hydrogen) atoms. The van der Waals surface area contributed by atoms with Gasteiger partial charge in [0, 0.05) is 23.6 Å². The number of alkyl halides is 2. The molecule has 0 saturated heterocycles. The number of benzene rings is 1. The van der Waals surface area contributed by atoms with Crippen LogP contribution >= 0.6 is 11.8 Å². The van der Waals surface area contributed by atoms with Crippen LogP contribution in [0, 0.1) is 0 Å². The predicted octanol–water partition coefficient (Wildman–Crippen LogP) is 2.48. The van der Waals surface area contributed by atoms with Gasteiger partial charge in [-0.15, -0.1) is 0 Å². The predicted molar refractivity (Wildman–Crippen MR) is 58.3 cm³/mol. The lowest BCUT2D eigenvalue weighted by Crippen LogP contribution is -2.05. The molecule has 0 saturated carbocycles. The normalized spacial score (nSPS) is 10.7. The Morgan fingerprint density at radius 1 is 1.33 bits per heavy atom. The second-order valence-electron chi connectivity index (χ2n) is 2.83. The van der Waals surface area contributed by atoms with E-state index in [1.54, 1.807) is 36.0 Å². The van der Waals surface area contributed by atoms with Gasteiger partial charge in [-0.2, -0.15) is 20.5 Å². The monoisotopic (exact) mass is 233 g/mol. The molecule has 0 fully saturated rings. The highest BCUT2D eigenvalue weighted by molar-refractivity contribution is 7.98. The van der Waals surface area contributed by atoms with Crippen molar-refractivity contribution in [3.63, 3.8) is 0 Å². The maximum atomic E-state index is 12.0. The van der Waals surface area contributed by atoms with Gasteiger partial charge in [0.05, 0.1) is 0 Å². The zero-order valence-electron chi connectivity index (χ0n) is 8.16. The number of nitrogens with two attached hydrogens (primary N) is 1. The molecule has 0 aliphatic rings. The van der Waals surface area contributed by atoms with Crippen LogP contribution in [0.2, 0.25) is 0 Å². The first-order valence-corrected chi connectivity index (χ1v) is 5.70. The van der Waals surface area contributed by atoms with E-state index in [4.69, 9.17) is 5.73 Å². The highest BCUT2D eigenvalue weighted by atomic mass is 32.2. The van der Waals surface area contributed by atoms with Crippen LogP contribution in [0.4, 0.5) is 8.78 Å². The van der Waals surface area contributed by atoms with E-state index in [0.717, 1.165) is 11.3 Å². The van der Waals surface area contributed by atoms with Gasteiger partial charge < -0.3 is 10.5 Å². The van der Waals surface area contributed by atoms with Crippen molar-refractivity contribution < 1.29 is 13.5 Å². The molecule has 0 heterocycles. The first-order valence-electron chi connectivity index (χ1n) is 4.54. The third kappa shape index (κ3) is 4.48. The molecule has 0 atom stereocenters. The molecule has 0 aromatic heterocycles. The average Bonchev–Trinajstić information content (AvgIpc) is 2.20. The van der Waals surface area contributed by atoms with Gasteiger partial charge in [-0.3, -0.25) is 0 Å². The first-order chi connectivity index (χ1) is 7.24. The third-order valence-corrected chi connectivity index (χ3v) is 2.75. The molecular formula is C10H13F2NOS. The van der Waals surface area contributed by atoms with Gasteiger partial charge in [0.15, 0.2) is 0 Å². The minimum Gasteiger partial charge on any atom is -0.435 e. The van der Waals surface area contributed by atoms with Crippen LogP contribution in [0.15, 0.2) is 24.3 Å². The van der Waals surface area contributed by atoms with Crippen molar-refractivity contribution in [1.29, 1.82) is 0 Å². The number of para-hydroxylation sites is 1. The van der Waals surface area contributed by atoms with Crippen LogP contribution in [0.1, 0.15) is 5.56 Å². The number of hydrogen-bond donors (Lipinski definition) is 1. The molecule has 0 bridgehead atoms. The Morgan fingerprint density at radius 3 is 2.73 bits per heavy atom.